The van der Waals surface area contributed by atoms with Crippen LogP contribution >= 0.6 is 11.6 Å². The SMILES string of the molecule is CC1(C)C(=O)N(C2CCCCCCC2)N1Cc1ccc(F)cc1Cl. The van der Waals surface area contributed by atoms with Crippen LogP contribution < -0.4 is 0 Å². The maximum atomic E-state index is 13.3. The van der Waals surface area contributed by atoms with Gasteiger partial charge in [0.25, 0.3) is 5.91 Å². The van der Waals surface area contributed by atoms with E-state index in [0.29, 0.717) is 11.6 Å². The van der Waals surface area contributed by atoms with Gasteiger partial charge in [-0.1, -0.05) is 49.8 Å². The summed E-state index contributed by atoms with van der Waals surface area (Å²) in [5.74, 6) is -0.147. The molecule has 0 atom stereocenters. The molecule has 1 aliphatic carbocycles. The highest BCUT2D eigenvalue weighted by Gasteiger charge is 2.54. The summed E-state index contributed by atoms with van der Waals surface area (Å²) in [6.07, 6.45) is 8.31. The third-order valence-corrected chi connectivity index (χ3v) is 5.74. The van der Waals surface area contributed by atoms with Crippen molar-refractivity contribution in [1.82, 2.24) is 10.0 Å². The molecular weight excluding hydrogens is 327 g/mol. The number of rotatable bonds is 3. The number of halogens is 2. The van der Waals surface area contributed by atoms with E-state index in [-0.39, 0.29) is 17.8 Å². The van der Waals surface area contributed by atoms with Gasteiger partial charge < -0.3 is 0 Å². The molecule has 1 saturated heterocycles. The van der Waals surface area contributed by atoms with Crippen molar-refractivity contribution in [3.63, 3.8) is 0 Å². The number of benzene rings is 1. The van der Waals surface area contributed by atoms with Crippen LogP contribution in [0.15, 0.2) is 18.2 Å². The molecule has 3 rings (SSSR count). The quantitative estimate of drug-likeness (QED) is 0.770. The first-order valence-electron chi connectivity index (χ1n) is 8.96. The highest BCUT2D eigenvalue weighted by Crippen LogP contribution is 2.38. The largest absolute Gasteiger partial charge is 0.271 e. The summed E-state index contributed by atoms with van der Waals surface area (Å²) < 4.78 is 13.3. The lowest BCUT2D eigenvalue weighted by molar-refractivity contribution is -0.230. The molecule has 0 unspecified atom stereocenters. The zero-order valence-electron chi connectivity index (χ0n) is 14.5. The van der Waals surface area contributed by atoms with E-state index in [4.69, 9.17) is 11.6 Å². The van der Waals surface area contributed by atoms with E-state index in [0.717, 1.165) is 18.4 Å². The van der Waals surface area contributed by atoms with Crippen molar-refractivity contribution >= 4 is 17.5 Å². The predicted octanol–water partition coefficient (Wildman–Crippen LogP) is 4.93. The molecule has 24 heavy (non-hydrogen) atoms. The third-order valence-electron chi connectivity index (χ3n) is 5.39. The topological polar surface area (TPSA) is 23.6 Å². The molecule has 2 aliphatic rings. The molecule has 5 heteroatoms. The lowest BCUT2D eigenvalue weighted by atomic mass is 9.90. The first kappa shape index (κ1) is 17.7. The molecule has 1 heterocycles. The van der Waals surface area contributed by atoms with Crippen LogP contribution in [0.1, 0.15) is 64.4 Å². The van der Waals surface area contributed by atoms with Gasteiger partial charge in [-0.05, 0) is 44.4 Å². The molecule has 0 aromatic heterocycles. The minimum Gasteiger partial charge on any atom is -0.271 e. The monoisotopic (exact) mass is 352 g/mol. The van der Waals surface area contributed by atoms with E-state index in [9.17, 15) is 9.18 Å². The van der Waals surface area contributed by atoms with E-state index in [1.165, 1.54) is 44.2 Å². The molecule has 1 aromatic carbocycles. The van der Waals surface area contributed by atoms with Crippen LogP contribution in [0, 0.1) is 5.82 Å². The summed E-state index contributed by atoms with van der Waals surface area (Å²) in [6, 6.07) is 4.76. The van der Waals surface area contributed by atoms with Gasteiger partial charge in [0, 0.05) is 17.6 Å². The van der Waals surface area contributed by atoms with Crippen molar-refractivity contribution in [1.29, 1.82) is 0 Å². The summed E-state index contributed by atoms with van der Waals surface area (Å²) in [4.78, 5) is 12.7. The molecule has 2 fully saturated rings. The molecule has 1 aromatic rings. The van der Waals surface area contributed by atoms with Crippen molar-refractivity contribution < 1.29 is 9.18 Å². The summed E-state index contributed by atoms with van der Waals surface area (Å²) in [5.41, 5.74) is 0.328. The second-order valence-corrected chi connectivity index (χ2v) is 7.91. The Balaban J connectivity index is 1.79. The van der Waals surface area contributed by atoms with Crippen LogP contribution in [-0.2, 0) is 11.3 Å². The van der Waals surface area contributed by atoms with Crippen LogP contribution in [0.4, 0.5) is 4.39 Å². The van der Waals surface area contributed by atoms with Gasteiger partial charge in [-0.2, -0.15) is 5.01 Å². The van der Waals surface area contributed by atoms with E-state index in [1.807, 2.05) is 18.9 Å². The average Bonchev–Trinajstić information content (AvgIpc) is 2.50. The summed E-state index contributed by atoms with van der Waals surface area (Å²) in [5, 5.41) is 4.48. The number of amides is 1. The molecule has 1 amide bonds. The van der Waals surface area contributed by atoms with E-state index in [2.05, 4.69) is 5.01 Å². The number of nitrogens with zero attached hydrogens (tertiary/aromatic N) is 2. The first-order valence-corrected chi connectivity index (χ1v) is 9.34. The Morgan fingerprint density at radius 2 is 1.79 bits per heavy atom. The molecule has 132 valence electrons. The smallest absolute Gasteiger partial charge is 0.258 e. The Labute approximate surface area is 148 Å². The second kappa shape index (κ2) is 7.01. The van der Waals surface area contributed by atoms with Crippen LogP contribution in [-0.4, -0.2) is 27.5 Å². The normalized spacial score (nSPS) is 22.8. The average molecular weight is 353 g/mol. The summed E-state index contributed by atoms with van der Waals surface area (Å²) in [7, 11) is 0. The fourth-order valence-corrected chi connectivity index (χ4v) is 4.08. The molecule has 1 saturated carbocycles. The molecule has 0 N–H and O–H groups in total. The molecule has 0 bridgehead atoms. The van der Waals surface area contributed by atoms with E-state index >= 15 is 0 Å². The number of hydrogen-bond acceptors (Lipinski definition) is 2. The Bertz CT molecular complexity index is 611. The fraction of sp³-hybridized carbons (Fsp3) is 0.632. The van der Waals surface area contributed by atoms with Gasteiger partial charge in [0.15, 0.2) is 0 Å². The zero-order valence-corrected chi connectivity index (χ0v) is 15.3. The Kier molecular flexibility index (Phi) is 5.16. The maximum Gasteiger partial charge on any atom is 0.258 e. The van der Waals surface area contributed by atoms with Crippen LogP contribution in [0.3, 0.4) is 0 Å². The van der Waals surface area contributed by atoms with Gasteiger partial charge in [0.1, 0.15) is 11.4 Å². The van der Waals surface area contributed by atoms with Crippen LogP contribution in [0.2, 0.25) is 5.02 Å². The van der Waals surface area contributed by atoms with Gasteiger partial charge in [0.05, 0.1) is 0 Å². The van der Waals surface area contributed by atoms with Crippen molar-refractivity contribution in [2.45, 2.75) is 76.9 Å². The molecule has 1 aliphatic heterocycles. The van der Waals surface area contributed by atoms with Gasteiger partial charge in [-0.3, -0.25) is 9.80 Å². The third kappa shape index (κ3) is 3.31. The number of hydrogen-bond donors (Lipinski definition) is 0. The Morgan fingerprint density at radius 3 is 2.42 bits per heavy atom. The molecular formula is C19H26ClFN2O. The first-order chi connectivity index (χ1) is 11.4. The van der Waals surface area contributed by atoms with Gasteiger partial charge >= 0.3 is 0 Å². The maximum absolute atomic E-state index is 13.3. The number of carbonyl (C=O) groups is 1. The lowest BCUT2D eigenvalue weighted by Crippen LogP contribution is -2.76. The predicted molar refractivity (Wildman–Crippen MR) is 94.0 cm³/mol. The lowest BCUT2D eigenvalue weighted by Gasteiger charge is -2.58. The highest BCUT2D eigenvalue weighted by atomic mass is 35.5. The van der Waals surface area contributed by atoms with Gasteiger partial charge in [0.2, 0.25) is 0 Å². The second-order valence-electron chi connectivity index (χ2n) is 7.50. The summed E-state index contributed by atoms with van der Waals surface area (Å²) >= 11 is 6.20. The van der Waals surface area contributed by atoms with Crippen molar-refractivity contribution in [2.75, 3.05) is 0 Å². The van der Waals surface area contributed by atoms with E-state index < -0.39 is 5.54 Å². The van der Waals surface area contributed by atoms with Crippen molar-refractivity contribution in [3.05, 3.63) is 34.6 Å². The van der Waals surface area contributed by atoms with Gasteiger partial charge in [-0.15, -0.1) is 0 Å². The Hall–Kier alpha value is -1.13. The van der Waals surface area contributed by atoms with Crippen molar-refractivity contribution in [2.24, 2.45) is 0 Å². The number of carbonyl (C=O) groups excluding carboxylic acids is 1. The van der Waals surface area contributed by atoms with Gasteiger partial charge in [-0.25, -0.2) is 4.39 Å². The fourth-order valence-electron chi connectivity index (χ4n) is 3.85. The molecule has 0 radical (unpaired) electrons. The molecule has 3 nitrogen and oxygen atoms in total. The minimum atomic E-state index is -0.528. The standard InChI is InChI=1S/C19H26ClFN2O/c1-19(2)18(24)23(16-8-6-4-3-5-7-9-16)22(19)13-14-10-11-15(21)12-17(14)20/h10-12,16H,3-9,13H2,1-2H3. The Morgan fingerprint density at radius 1 is 1.17 bits per heavy atom. The van der Waals surface area contributed by atoms with E-state index in [1.54, 1.807) is 6.07 Å². The molecule has 0 spiro atoms. The van der Waals surface area contributed by atoms with Crippen LogP contribution in [0.5, 0.6) is 0 Å². The highest BCUT2D eigenvalue weighted by molar-refractivity contribution is 6.31. The van der Waals surface area contributed by atoms with Crippen LogP contribution in [0.25, 0.3) is 0 Å². The van der Waals surface area contributed by atoms with Crippen molar-refractivity contribution in [3.8, 4) is 0 Å². The zero-order chi connectivity index (χ0) is 17.3. The minimum absolute atomic E-state index is 0.186. The number of hydrazine groups is 1. The summed E-state index contributed by atoms with van der Waals surface area (Å²) in [6.45, 7) is 4.44.